The van der Waals surface area contributed by atoms with Crippen molar-refractivity contribution in [2.24, 2.45) is 0 Å². The molecule has 1 aliphatic rings. The highest BCUT2D eigenvalue weighted by Crippen LogP contribution is 2.25. The average molecular weight is 202 g/mol. The van der Waals surface area contributed by atoms with Crippen LogP contribution in [0, 0.1) is 10.1 Å². The zero-order valence-electron chi connectivity index (χ0n) is 7.04. The van der Waals surface area contributed by atoms with Gasteiger partial charge >= 0.3 is 0 Å². The minimum Gasteiger partial charge on any atom is -0.276 e. The second kappa shape index (κ2) is 3.70. The molecule has 70 valence electrons. The molecule has 0 saturated carbocycles. The largest absolute Gasteiger partial charge is 0.276 e. The molecule has 0 spiro atoms. The van der Waals surface area contributed by atoms with E-state index in [4.69, 9.17) is 11.6 Å². The quantitative estimate of drug-likeness (QED) is 0.390. The number of halogens is 1. The van der Waals surface area contributed by atoms with Gasteiger partial charge in [-0.3, -0.25) is 14.9 Å². The fourth-order valence-corrected chi connectivity index (χ4v) is 1.41. The Labute approximate surface area is 80.0 Å². The Morgan fingerprint density at radius 2 is 2.23 bits per heavy atom. The van der Waals surface area contributed by atoms with Gasteiger partial charge in [0.25, 0.3) is 0 Å². The summed E-state index contributed by atoms with van der Waals surface area (Å²) < 4.78 is 0. The van der Waals surface area contributed by atoms with Crippen molar-refractivity contribution in [3.63, 3.8) is 0 Å². The molecule has 0 bridgehead atoms. The molecule has 0 amide bonds. The van der Waals surface area contributed by atoms with Crippen molar-refractivity contribution < 1.29 is 9.72 Å². The molecule has 1 rings (SSSR count). The van der Waals surface area contributed by atoms with E-state index in [9.17, 15) is 14.9 Å². The van der Waals surface area contributed by atoms with E-state index < -0.39 is 10.2 Å². The maximum Gasteiger partial charge on any atom is 0.249 e. The number of hydrogen-bond donors (Lipinski definition) is 0. The SMILES string of the molecule is CC1=C([N+](=O)[O-])CCC(C(=O)Cl)=C1. The Morgan fingerprint density at radius 3 is 2.62 bits per heavy atom. The molecule has 0 aromatic rings. The van der Waals surface area contributed by atoms with Gasteiger partial charge in [0.05, 0.1) is 4.92 Å². The Morgan fingerprint density at radius 1 is 1.62 bits per heavy atom. The summed E-state index contributed by atoms with van der Waals surface area (Å²) in [6, 6.07) is 0. The molecule has 13 heavy (non-hydrogen) atoms. The summed E-state index contributed by atoms with van der Waals surface area (Å²) in [5, 5.41) is 9.92. The van der Waals surface area contributed by atoms with Crippen molar-refractivity contribution in [3.8, 4) is 0 Å². The van der Waals surface area contributed by atoms with Crippen LogP contribution in [-0.2, 0) is 4.79 Å². The second-order valence-corrected chi connectivity index (χ2v) is 3.17. The van der Waals surface area contributed by atoms with Crippen molar-refractivity contribution in [2.45, 2.75) is 19.8 Å². The van der Waals surface area contributed by atoms with Crippen LogP contribution < -0.4 is 0 Å². The van der Waals surface area contributed by atoms with Crippen LogP contribution in [0.25, 0.3) is 0 Å². The van der Waals surface area contributed by atoms with Crippen LogP contribution in [0.2, 0.25) is 0 Å². The average Bonchev–Trinajstić information content (AvgIpc) is 2.03. The van der Waals surface area contributed by atoms with Gasteiger partial charge in [-0.25, -0.2) is 0 Å². The standard InChI is InChI=1S/C8H8ClNO3/c1-5-4-6(8(9)11)2-3-7(5)10(12)13/h4H,2-3H2,1H3. The topological polar surface area (TPSA) is 60.2 Å². The van der Waals surface area contributed by atoms with Crippen molar-refractivity contribution in [1.29, 1.82) is 0 Å². The zero-order valence-corrected chi connectivity index (χ0v) is 7.80. The van der Waals surface area contributed by atoms with Crippen molar-refractivity contribution >= 4 is 16.8 Å². The Kier molecular flexibility index (Phi) is 2.83. The summed E-state index contributed by atoms with van der Waals surface area (Å²) in [6.45, 7) is 1.61. The van der Waals surface area contributed by atoms with E-state index in [0.717, 1.165) is 0 Å². The summed E-state index contributed by atoms with van der Waals surface area (Å²) in [6.07, 6.45) is 2.12. The van der Waals surface area contributed by atoms with Crippen LogP contribution in [0.3, 0.4) is 0 Å². The third-order valence-corrected chi connectivity index (χ3v) is 2.19. The highest BCUT2D eigenvalue weighted by Gasteiger charge is 2.21. The monoisotopic (exact) mass is 201 g/mol. The molecule has 0 aromatic carbocycles. The fraction of sp³-hybridized carbons (Fsp3) is 0.375. The van der Waals surface area contributed by atoms with Crippen LogP contribution in [0.1, 0.15) is 19.8 Å². The lowest BCUT2D eigenvalue weighted by Crippen LogP contribution is -2.08. The molecular formula is C8H8ClNO3. The van der Waals surface area contributed by atoms with Gasteiger partial charge in [0.1, 0.15) is 0 Å². The van der Waals surface area contributed by atoms with E-state index in [1.807, 2.05) is 0 Å². The molecule has 0 saturated heterocycles. The minimum absolute atomic E-state index is 0.168. The maximum atomic E-state index is 10.7. The first kappa shape index (κ1) is 9.92. The summed E-state index contributed by atoms with van der Waals surface area (Å²) in [4.78, 5) is 20.8. The highest BCUT2D eigenvalue weighted by atomic mass is 35.5. The molecule has 0 atom stereocenters. The third-order valence-electron chi connectivity index (χ3n) is 1.95. The molecule has 0 aromatic heterocycles. The van der Waals surface area contributed by atoms with Gasteiger partial charge in [-0.05, 0) is 31.0 Å². The Balaban J connectivity index is 3.00. The minimum atomic E-state index is -0.526. The van der Waals surface area contributed by atoms with Crippen LogP contribution in [0.5, 0.6) is 0 Å². The molecule has 0 aliphatic heterocycles. The van der Waals surface area contributed by atoms with Gasteiger partial charge in [0, 0.05) is 17.6 Å². The maximum absolute atomic E-state index is 10.7. The molecule has 0 heterocycles. The molecule has 0 unspecified atom stereocenters. The van der Waals surface area contributed by atoms with Crippen molar-refractivity contribution in [1.82, 2.24) is 0 Å². The third kappa shape index (κ3) is 2.15. The van der Waals surface area contributed by atoms with Gasteiger partial charge in [-0.15, -0.1) is 0 Å². The van der Waals surface area contributed by atoms with E-state index in [1.165, 1.54) is 6.08 Å². The summed E-state index contributed by atoms with van der Waals surface area (Å²) in [7, 11) is 0. The number of hydrogen-bond acceptors (Lipinski definition) is 3. The lowest BCUT2D eigenvalue weighted by molar-refractivity contribution is -0.429. The summed E-state index contributed by atoms with van der Waals surface area (Å²) in [5.74, 6) is 0. The highest BCUT2D eigenvalue weighted by molar-refractivity contribution is 6.67. The molecule has 4 nitrogen and oxygen atoms in total. The number of nitro groups is 1. The van der Waals surface area contributed by atoms with Gasteiger partial charge in [-0.1, -0.05) is 0 Å². The zero-order chi connectivity index (χ0) is 10.0. The Hall–Kier alpha value is -1.16. The lowest BCUT2D eigenvalue weighted by atomic mass is 9.98. The first-order valence-electron chi connectivity index (χ1n) is 3.77. The summed E-state index contributed by atoms with van der Waals surface area (Å²) >= 11 is 5.25. The van der Waals surface area contributed by atoms with Crippen molar-refractivity contribution in [2.75, 3.05) is 0 Å². The van der Waals surface area contributed by atoms with Gasteiger partial charge in [0.15, 0.2) is 0 Å². The fourth-order valence-electron chi connectivity index (χ4n) is 1.26. The van der Waals surface area contributed by atoms with Gasteiger partial charge < -0.3 is 0 Å². The van der Waals surface area contributed by atoms with Crippen LogP contribution >= 0.6 is 11.6 Å². The van der Waals surface area contributed by atoms with Crippen LogP contribution in [0.15, 0.2) is 22.9 Å². The van der Waals surface area contributed by atoms with E-state index in [-0.39, 0.29) is 12.1 Å². The number of carbonyl (C=O) groups is 1. The van der Waals surface area contributed by atoms with E-state index in [2.05, 4.69) is 0 Å². The van der Waals surface area contributed by atoms with Gasteiger partial charge in [-0.2, -0.15) is 0 Å². The van der Waals surface area contributed by atoms with E-state index in [0.29, 0.717) is 17.6 Å². The number of nitrogens with zero attached hydrogens (tertiary/aromatic N) is 1. The van der Waals surface area contributed by atoms with Crippen LogP contribution in [0.4, 0.5) is 0 Å². The predicted molar refractivity (Wildman–Crippen MR) is 47.9 cm³/mol. The molecule has 1 aliphatic carbocycles. The molecule has 0 radical (unpaired) electrons. The molecular weight excluding hydrogens is 194 g/mol. The van der Waals surface area contributed by atoms with Crippen LogP contribution in [-0.4, -0.2) is 10.2 Å². The first-order valence-corrected chi connectivity index (χ1v) is 4.14. The van der Waals surface area contributed by atoms with E-state index >= 15 is 0 Å². The molecule has 5 heteroatoms. The summed E-state index contributed by atoms with van der Waals surface area (Å²) in [5.41, 5.74) is 1.13. The van der Waals surface area contributed by atoms with Crippen molar-refractivity contribution in [3.05, 3.63) is 33.0 Å². The van der Waals surface area contributed by atoms with E-state index in [1.54, 1.807) is 6.92 Å². The first-order chi connectivity index (χ1) is 6.02. The lowest BCUT2D eigenvalue weighted by Gasteiger charge is -2.09. The molecule has 0 fully saturated rings. The number of allylic oxidation sites excluding steroid dienone is 4. The number of carbonyl (C=O) groups excluding carboxylic acids is 1. The normalized spacial score (nSPS) is 16.9. The van der Waals surface area contributed by atoms with Gasteiger partial charge in [0.2, 0.25) is 10.9 Å². The molecule has 0 N–H and O–H groups in total. The number of rotatable bonds is 2. The predicted octanol–water partition coefficient (Wildman–Crippen LogP) is 2.02. The second-order valence-electron chi connectivity index (χ2n) is 2.83. The smallest absolute Gasteiger partial charge is 0.249 e. The Bertz CT molecular complexity index is 330.